The summed E-state index contributed by atoms with van der Waals surface area (Å²) in [7, 11) is 0.872. The van der Waals surface area contributed by atoms with E-state index in [-0.39, 0.29) is 17.2 Å². The summed E-state index contributed by atoms with van der Waals surface area (Å²) < 4.78 is 13.9. The third kappa shape index (κ3) is 3.82. The van der Waals surface area contributed by atoms with Gasteiger partial charge in [-0.1, -0.05) is 60.7 Å². The van der Waals surface area contributed by atoms with Gasteiger partial charge in [-0.2, -0.15) is 0 Å². The minimum absolute atomic E-state index is 0.0777. The summed E-state index contributed by atoms with van der Waals surface area (Å²) in [6, 6.07) is 23.7. The average Bonchev–Trinajstić information content (AvgIpc) is 3.10. The van der Waals surface area contributed by atoms with Crippen LogP contribution < -0.4 is 4.78 Å². The van der Waals surface area contributed by atoms with Crippen molar-refractivity contribution in [3.63, 3.8) is 0 Å². The SMILES string of the molecule is CC1(C)OCC(Bc2cc(-c3ccccc3)c(-c3ccccc3)s2)OC1(C)C. The first-order valence-corrected chi connectivity index (χ1v) is 10.7. The van der Waals surface area contributed by atoms with Crippen LogP contribution in [-0.2, 0) is 9.47 Å². The summed E-state index contributed by atoms with van der Waals surface area (Å²) in [4.78, 5) is 1.32. The van der Waals surface area contributed by atoms with Crippen molar-refractivity contribution in [1.82, 2.24) is 0 Å². The van der Waals surface area contributed by atoms with Crippen LogP contribution in [0.5, 0.6) is 0 Å². The maximum absolute atomic E-state index is 6.44. The van der Waals surface area contributed by atoms with E-state index in [4.69, 9.17) is 9.47 Å². The van der Waals surface area contributed by atoms with Crippen LogP contribution in [0.15, 0.2) is 66.7 Å². The van der Waals surface area contributed by atoms with E-state index in [9.17, 15) is 0 Å². The van der Waals surface area contributed by atoms with Gasteiger partial charge in [0.25, 0.3) is 0 Å². The van der Waals surface area contributed by atoms with Crippen LogP contribution in [0.2, 0.25) is 0 Å². The normalized spacial score (nSPS) is 20.6. The fourth-order valence-electron chi connectivity index (χ4n) is 3.57. The van der Waals surface area contributed by atoms with Crippen LogP contribution in [-0.4, -0.2) is 31.1 Å². The second-order valence-electron chi connectivity index (χ2n) is 8.46. The highest BCUT2D eigenvalue weighted by Crippen LogP contribution is 2.37. The summed E-state index contributed by atoms with van der Waals surface area (Å²) in [5.41, 5.74) is 3.23. The van der Waals surface area contributed by atoms with Gasteiger partial charge < -0.3 is 9.47 Å². The Morgan fingerprint density at radius 1 is 0.857 bits per heavy atom. The molecule has 0 spiro atoms. The van der Waals surface area contributed by atoms with Gasteiger partial charge in [-0.3, -0.25) is 0 Å². The van der Waals surface area contributed by atoms with Gasteiger partial charge in [0.05, 0.1) is 23.8 Å². The molecule has 1 unspecified atom stereocenters. The molecule has 2 heterocycles. The molecule has 1 aromatic heterocycles. The van der Waals surface area contributed by atoms with Gasteiger partial charge in [-0.25, -0.2) is 0 Å². The van der Waals surface area contributed by atoms with Crippen molar-refractivity contribution in [2.24, 2.45) is 0 Å². The van der Waals surface area contributed by atoms with Crippen molar-refractivity contribution in [2.45, 2.75) is 44.9 Å². The van der Waals surface area contributed by atoms with Gasteiger partial charge in [-0.05, 0) is 55.2 Å². The molecular weight excluding hydrogens is 363 g/mol. The predicted octanol–water partition coefficient (Wildman–Crippen LogP) is 5.07. The van der Waals surface area contributed by atoms with Gasteiger partial charge in [0.2, 0.25) is 7.28 Å². The molecule has 2 aromatic carbocycles. The van der Waals surface area contributed by atoms with E-state index >= 15 is 0 Å². The second-order valence-corrected chi connectivity index (χ2v) is 9.60. The first-order valence-electron chi connectivity index (χ1n) is 9.91. The highest BCUT2D eigenvalue weighted by molar-refractivity contribution is 7.25. The molecular formula is C24H27BO2S. The van der Waals surface area contributed by atoms with Crippen molar-refractivity contribution < 1.29 is 9.47 Å². The number of ether oxygens (including phenoxy) is 2. The molecule has 144 valence electrons. The molecule has 0 N–H and O–H groups in total. The Balaban J connectivity index is 1.65. The smallest absolute Gasteiger partial charge is 0.208 e. The molecule has 28 heavy (non-hydrogen) atoms. The first kappa shape index (κ1) is 19.4. The maximum atomic E-state index is 6.44. The van der Waals surface area contributed by atoms with E-state index in [1.54, 1.807) is 0 Å². The minimum atomic E-state index is -0.308. The van der Waals surface area contributed by atoms with Crippen molar-refractivity contribution in [3.05, 3.63) is 66.7 Å². The van der Waals surface area contributed by atoms with Gasteiger partial charge >= 0.3 is 0 Å². The van der Waals surface area contributed by atoms with Crippen LogP contribution in [0.3, 0.4) is 0 Å². The Morgan fingerprint density at radius 2 is 1.46 bits per heavy atom. The average molecular weight is 390 g/mol. The summed E-state index contributed by atoms with van der Waals surface area (Å²) in [6.07, 6.45) is 0. The lowest BCUT2D eigenvalue weighted by Crippen LogP contribution is -2.59. The fraction of sp³-hybridized carbons (Fsp3) is 0.333. The summed E-state index contributed by atoms with van der Waals surface area (Å²) in [5, 5.41) is 0. The van der Waals surface area contributed by atoms with Crippen LogP contribution in [0, 0.1) is 0 Å². The minimum Gasteiger partial charge on any atom is -0.375 e. The largest absolute Gasteiger partial charge is 0.375 e. The van der Waals surface area contributed by atoms with Crippen molar-refractivity contribution >= 4 is 23.4 Å². The van der Waals surface area contributed by atoms with Crippen LogP contribution in [0.1, 0.15) is 27.7 Å². The number of hydrogen-bond donors (Lipinski definition) is 0. The van der Waals surface area contributed by atoms with Gasteiger partial charge in [-0.15, -0.1) is 11.3 Å². The van der Waals surface area contributed by atoms with E-state index in [0.717, 1.165) is 7.28 Å². The Labute approximate surface area is 172 Å². The molecule has 0 bridgehead atoms. The van der Waals surface area contributed by atoms with Gasteiger partial charge in [0.15, 0.2) is 0 Å². The van der Waals surface area contributed by atoms with Crippen LogP contribution in [0.25, 0.3) is 21.6 Å². The molecule has 1 fully saturated rings. The molecule has 4 heteroatoms. The molecule has 1 aliphatic heterocycles. The molecule has 4 rings (SSSR count). The number of benzene rings is 2. The molecule has 0 amide bonds. The number of rotatable bonds is 4. The molecule has 0 aliphatic carbocycles. The van der Waals surface area contributed by atoms with Crippen LogP contribution >= 0.6 is 11.3 Å². The second kappa shape index (κ2) is 7.51. The van der Waals surface area contributed by atoms with Crippen LogP contribution in [0.4, 0.5) is 0 Å². The topological polar surface area (TPSA) is 18.5 Å². The van der Waals surface area contributed by atoms with E-state index in [1.807, 2.05) is 11.3 Å². The zero-order valence-corrected chi connectivity index (χ0v) is 17.9. The highest BCUT2D eigenvalue weighted by atomic mass is 32.1. The monoisotopic (exact) mass is 390 g/mol. The van der Waals surface area contributed by atoms with Crippen molar-refractivity contribution in [1.29, 1.82) is 0 Å². The first-order chi connectivity index (χ1) is 13.4. The van der Waals surface area contributed by atoms with Crippen molar-refractivity contribution in [2.75, 3.05) is 6.61 Å². The fourth-order valence-corrected chi connectivity index (χ4v) is 4.82. The number of hydrogen-bond acceptors (Lipinski definition) is 3. The zero-order chi connectivity index (χ0) is 19.8. The molecule has 1 saturated heterocycles. The van der Waals surface area contributed by atoms with E-state index in [2.05, 4.69) is 94.4 Å². The quantitative estimate of drug-likeness (QED) is 0.579. The zero-order valence-electron chi connectivity index (χ0n) is 17.1. The Bertz CT molecular complexity index is 875. The summed E-state index contributed by atoms with van der Waals surface area (Å²) in [5.74, 6) is 0. The lowest BCUT2D eigenvalue weighted by Gasteiger charge is -2.48. The molecule has 3 aromatic rings. The Morgan fingerprint density at radius 3 is 2.07 bits per heavy atom. The third-order valence-corrected chi connectivity index (χ3v) is 7.08. The van der Waals surface area contributed by atoms with Gasteiger partial charge in [0, 0.05) is 4.88 Å². The van der Waals surface area contributed by atoms with E-state index < -0.39 is 0 Å². The third-order valence-electron chi connectivity index (χ3n) is 5.87. The lowest BCUT2D eigenvalue weighted by molar-refractivity contribution is -0.243. The highest BCUT2D eigenvalue weighted by Gasteiger charge is 2.45. The Kier molecular flexibility index (Phi) is 5.21. The lowest BCUT2D eigenvalue weighted by atomic mass is 9.68. The molecule has 0 radical (unpaired) electrons. The van der Waals surface area contributed by atoms with E-state index in [1.165, 1.54) is 26.3 Å². The number of thiophene rings is 1. The molecule has 0 saturated carbocycles. The molecule has 1 aliphatic rings. The summed E-state index contributed by atoms with van der Waals surface area (Å²) >= 11 is 1.87. The molecule has 2 nitrogen and oxygen atoms in total. The summed E-state index contributed by atoms with van der Waals surface area (Å²) in [6.45, 7) is 9.09. The van der Waals surface area contributed by atoms with Gasteiger partial charge in [0.1, 0.15) is 0 Å². The van der Waals surface area contributed by atoms with E-state index in [0.29, 0.717) is 6.61 Å². The standard InChI is InChI=1S/C24H27BO2S/c1-23(2)24(3,4)27-20(16-26-23)25-21-15-19(17-11-7-5-8-12-17)22(28-21)18-13-9-6-10-14-18/h5-15,20,25H,16H2,1-4H3. The Hall–Kier alpha value is -1.88. The molecule has 1 atom stereocenters. The van der Waals surface area contributed by atoms with Crippen molar-refractivity contribution in [3.8, 4) is 21.6 Å². The predicted molar refractivity (Wildman–Crippen MR) is 121 cm³/mol. The maximum Gasteiger partial charge on any atom is 0.208 e.